The van der Waals surface area contributed by atoms with E-state index < -0.39 is 0 Å². The van der Waals surface area contributed by atoms with E-state index in [0.717, 1.165) is 72.9 Å². The van der Waals surface area contributed by atoms with E-state index >= 15 is 0 Å². The summed E-state index contributed by atoms with van der Waals surface area (Å²) in [5, 5.41) is 20.0. The van der Waals surface area contributed by atoms with Crippen molar-refractivity contribution in [1.29, 1.82) is 0 Å². The molecule has 1 aromatic heterocycles. The predicted molar refractivity (Wildman–Crippen MR) is 130 cm³/mol. The highest BCUT2D eigenvalue weighted by Crippen LogP contribution is 2.30. The van der Waals surface area contributed by atoms with Gasteiger partial charge in [-0.1, -0.05) is 32.3 Å². The maximum absolute atomic E-state index is 10.8. The first-order valence-electron chi connectivity index (χ1n) is 11.4. The van der Waals surface area contributed by atoms with Crippen LogP contribution in [-0.2, 0) is 16.0 Å². The number of fused-ring (bicyclic) bond motifs is 1. The number of esters is 1. The van der Waals surface area contributed by atoms with Gasteiger partial charge < -0.3 is 9.84 Å². The highest BCUT2D eigenvalue weighted by molar-refractivity contribution is 7.99. The second-order valence-electron chi connectivity index (χ2n) is 8.14. The maximum Gasteiger partial charge on any atom is 0.302 e. The molecule has 0 radical (unpaired) electrons. The number of hydrogen-bond donors (Lipinski definition) is 1. The van der Waals surface area contributed by atoms with Gasteiger partial charge in [0, 0.05) is 11.8 Å². The number of aromatic hydroxyl groups is 1. The molecule has 0 spiro atoms. The van der Waals surface area contributed by atoms with Gasteiger partial charge in [-0.15, -0.1) is 26.8 Å². The summed E-state index contributed by atoms with van der Waals surface area (Å²) in [6, 6.07) is 10.1. The Morgan fingerprint density at radius 3 is 2.62 bits per heavy atom. The number of phenols is 1. The molecule has 6 nitrogen and oxygen atoms in total. The van der Waals surface area contributed by atoms with Gasteiger partial charge in [-0.2, -0.15) is 0 Å². The fourth-order valence-corrected chi connectivity index (χ4v) is 4.54. The lowest BCUT2D eigenvalue weighted by atomic mass is 10.0. The van der Waals surface area contributed by atoms with Gasteiger partial charge in [-0.3, -0.25) is 4.79 Å². The zero-order valence-electron chi connectivity index (χ0n) is 19.3. The number of hydrogen-bond acceptors (Lipinski definition) is 6. The minimum Gasteiger partial charge on any atom is -0.505 e. The number of aryl methyl sites for hydroxylation is 2. The average Bonchev–Trinajstić information content (AvgIpc) is 3.19. The molecule has 0 bridgehead atoms. The van der Waals surface area contributed by atoms with E-state index in [0.29, 0.717) is 12.3 Å². The van der Waals surface area contributed by atoms with E-state index in [1.807, 2.05) is 36.9 Å². The molecule has 0 atom stereocenters. The molecule has 2 aromatic carbocycles. The van der Waals surface area contributed by atoms with E-state index in [-0.39, 0.29) is 11.7 Å². The molecular weight excluding hydrogens is 422 g/mol. The predicted octanol–water partition coefficient (Wildman–Crippen LogP) is 5.99. The Morgan fingerprint density at radius 1 is 1.06 bits per heavy atom. The van der Waals surface area contributed by atoms with Gasteiger partial charge in [0.2, 0.25) is 0 Å². The average molecular weight is 456 g/mol. The molecule has 0 unspecified atom stereocenters. The Hall–Kier alpha value is -2.54. The van der Waals surface area contributed by atoms with Crippen molar-refractivity contribution >= 4 is 28.8 Å². The molecule has 3 rings (SSSR count). The van der Waals surface area contributed by atoms with Gasteiger partial charge in [-0.25, -0.2) is 0 Å². The summed E-state index contributed by atoms with van der Waals surface area (Å²) in [6.45, 7) is 6.15. The molecule has 3 aromatic rings. The normalized spacial score (nSPS) is 11.2. The maximum atomic E-state index is 10.8. The molecule has 0 aliphatic rings. The molecule has 1 N–H and O–H groups in total. The monoisotopic (exact) mass is 455 g/mol. The molecule has 0 aliphatic carbocycles. The molecule has 0 fully saturated rings. The number of phenolic OH excluding ortho intramolecular Hbond substituents is 1. The molecule has 32 heavy (non-hydrogen) atoms. The molecule has 0 amide bonds. The zero-order chi connectivity index (χ0) is 22.9. The lowest BCUT2D eigenvalue weighted by Crippen LogP contribution is -2.02. The van der Waals surface area contributed by atoms with Crippen LogP contribution >= 0.6 is 11.8 Å². The number of benzene rings is 2. The number of nitrogens with zero attached hydrogens (tertiary/aromatic N) is 3. The van der Waals surface area contributed by atoms with Crippen LogP contribution in [0, 0.1) is 6.92 Å². The molecule has 0 saturated heterocycles. The summed E-state index contributed by atoms with van der Waals surface area (Å²) in [5.41, 5.74) is 4.32. The van der Waals surface area contributed by atoms with Crippen molar-refractivity contribution in [2.24, 2.45) is 0 Å². The number of thioether (sulfide) groups is 1. The van der Waals surface area contributed by atoms with Gasteiger partial charge in [0.1, 0.15) is 22.5 Å². The van der Waals surface area contributed by atoms with Crippen molar-refractivity contribution in [3.63, 3.8) is 0 Å². The first-order chi connectivity index (χ1) is 15.5. The van der Waals surface area contributed by atoms with Crippen molar-refractivity contribution in [1.82, 2.24) is 15.0 Å². The van der Waals surface area contributed by atoms with Gasteiger partial charge in [0.15, 0.2) is 0 Å². The lowest BCUT2D eigenvalue weighted by molar-refractivity contribution is -0.141. The Bertz CT molecular complexity index is 1050. The highest BCUT2D eigenvalue weighted by atomic mass is 32.2. The number of aromatic nitrogens is 3. The zero-order valence-corrected chi connectivity index (χ0v) is 20.1. The van der Waals surface area contributed by atoms with Gasteiger partial charge >= 0.3 is 5.97 Å². The number of rotatable bonds is 12. The molecule has 7 heteroatoms. The third-order valence-electron chi connectivity index (χ3n) is 5.29. The topological polar surface area (TPSA) is 77.2 Å². The van der Waals surface area contributed by atoms with Crippen LogP contribution in [0.1, 0.15) is 63.5 Å². The van der Waals surface area contributed by atoms with Crippen LogP contribution in [0.2, 0.25) is 0 Å². The van der Waals surface area contributed by atoms with Gasteiger partial charge in [0.05, 0.1) is 6.61 Å². The summed E-state index contributed by atoms with van der Waals surface area (Å²) in [5.74, 6) is 1.10. The fourth-order valence-electron chi connectivity index (χ4n) is 3.60. The molecule has 172 valence electrons. The number of carbonyl (C=O) groups excluding carboxylic acids is 1. The first-order valence-corrected chi connectivity index (χ1v) is 12.4. The quantitative estimate of drug-likeness (QED) is 0.205. The molecular formula is C25H33N3O3S. The summed E-state index contributed by atoms with van der Waals surface area (Å²) in [6.07, 6.45) is 7.21. The fraction of sp³-hybridized carbons (Fsp3) is 0.480. The summed E-state index contributed by atoms with van der Waals surface area (Å²) < 4.78 is 4.96. The van der Waals surface area contributed by atoms with E-state index in [1.165, 1.54) is 11.8 Å². The van der Waals surface area contributed by atoms with Crippen molar-refractivity contribution in [2.45, 2.75) is 70.6 Å². The van der Waals surface area contributed by atoms with E-state index in [4.69, 9.17) is 4.74 Å². The Labute approximate surface area is 194 Å². The van der Waals surface area contributed by atoms with Gasteiger partial charge in [-0.05, 0) is 73.8 Å². The third-order valence-corrected chi connectivity index (χ3v) is 6.37. The summed E-state index contributed by atoms with van der Waals surface area (Å²) >= 11 is 1.81. The SMILES string of the molecule is CCCCc1cc(C)cc(-n2nc3ccc(SCCCCCCOC(C)=O)cc3n2)c1O. The van der Waals surface area contributed by atoms with E-state index in [2.05, 4.69) is 29.3 Å². The Morgan fingerprint density at radius 2 is 1.84 bits per heavy atom. The second kappa shape index (κ2) is 11.9. The van der Waals surface area contributed by atoms with Crippen LogP contribution in [0.15, 0.2) is 35.2 Å². The standard InChI is InChI=1S/C25H33N3O3S/c1-4-5-10-20-15-18(2)16-24(25(20)30)28-26-22-12-11-21(17-23(22)27-28)32-14-9-7-6-8-13-31-19(3)29/h11-12,15-17,30H,4-10,13-14H2,1-3H3. The van der Waals surface area contributed by atoms with Crippen molar-refractivity contribution in [3.8, 4) is 11.4 Å². The van der Waals surface area contributed by atoms with Crippen molar-refractivity contribution in [2.75, 3.05) is 12.4 Å². The van der Waals surface area contributed by atoms with Crippen LogP contribution < -0.4 is 0 Å². The van der Waals surface area contributed by atoms with Crippen LogP contribution in [0.5, 0.6) is 5.75 Å². The second-order valence-corrected chi connectivity index (χ2v) is 9.31. The van der Waals surface area contributed by atoms with Crippen molar-refractivity contribution in [3.05, 3.63) is 41.5 Å². The van der Waals surface area contributed by atoms with Crippen LogP contribution in [0.25, 0.3) is 16.7 Å². The minimum absolute atomic E-state index is 0.206. The number of unbranched alkanes of at least 4 members (excludes halogenated alkanes) is 4. The summed E-state index contributed by atoms with van der Waals surface area (Å²) in [7, 11) is 0. The van der Waals surface area contributed by atoms with Gasteiger partial charge in [0.25, 0.3) is 0 Å². The largest absolute Gasteiger partial charge is 0.505 e. The third kappa shape index (κ3) is 6.73. The van der Waals surface area contributed by atoms with Crippen LogP contribution in [0.3, 0.4) is 0 Å². The summed E-state index contributed by atoms with van der Waals surface area (Å²) in [4.78, 5) is 13.5. The Kier molecular flexibility index (Phi) is 8.97. The van der Waals surface area contributed by atoms with Crippen LogP contribution in [0.4, 0.5) is 0 Å². The number of carbonyl (C=O) groups is 1. The first kappa shape index (κ1) is 24.1. The molecule has 0 saturated carbocycles. The smallest absolute Gasteiger partial charge is 0.302 e. The Balaban J connectivity index is 1.61. The van der Waals surface area contributed by atoms with E-state index in [1.54, 1.807) is 4.80 Å². The highest BCUT2D eigenvalue weighted by Gasteiger charge is 2.14. The van der Waals surface area contributed by atoms with E-state index in [9.17, 15) is 9.90 Å². The van der Waals surface area contributed by atoms with Crippen LogP contribution in [-0.4, -0.2) is 38.4 Å². The lowest BCUT2D eigenvalue weighted by Gasteiger charge is -2.10. The molecule has 0 aliphatic heterocycles. The molecule has 1 heterocycles. The number of ether oxygens (including phenoxy) is 1. The van der Waals surface area contributed by atoms with Crippen molar-refractivity contribution < 1.29 is 14.6 Å². The minimum atomic E-state index is -0.206.